The molecule has 0 aromatic carbocycles. The molecule has 0 N–H and O–H groups in total. The molecule has 0 aliphatic rings. The van der Waals surface area contributed by atoms with Gasteiger partial charge in [0.2, 0.25) is 0 Å². The second kappa shape index (κ2) is 6.88. The zero-order valence-electron chi connectivity index (χ0n) is 9.69. The second-order valence-electron chi connectivity index (χ2n) is 3.82. The van der Waals surface area contributed by atoms with E-state index >= 15 is 0 Å². The third-order valence-electron chi connectivity index (χ3n) is 1.51. The van der Waals surface area contributed by atoms with Gasteiger partial charge >= 0.3 is 11.0 Å². The van der Waals surface area contributed by atoms with Crippen LogP contribution >= 0.6 is 35.3 Å². The van der Waals surface area contributed by atoms with Gasteiger partial charge in [-0.3, -0.25) is 0 Å². The number of hydrogen-bond donors (Lipinski definition) is 0. The third-order valence-corrected chi connectivity index (χ3v) is 5.24. The van der Waals surface area contributed by atoms with E-state index in [1.54, 1.807) is 13.8 Å². The smallest absolute Gasteiger partial charge is 0.160 e. The lowest BCUT2D eigenvalue weighted by atomic mass is 10.2. The number of halogens is 6. The van der Waals surface area contributed by atoms with E-state index in [-0.39, 0.29) is 11.0 Å². The summed E-state index contributed by atoms with van der Waals surface area (Å²) in [5.41, 5.74) is -9.14. The molecule has 0 aliphatic heterocycles. The molecule has 0 saturated heterocycles. The fourth-order valence-electron chi connectivity index (χ4n) is 0.878. The first kappa shape index (κ1) is 18.6. The van der Waals surface area contributed by atoms with Gasteiger partial charge in [-0.1, -0.05) is 13.8 Å². The molecule has 0 aromatic heterocycles. The van der Waals surface area contributed by atoms with Crippen LogP contribution in [0.25, 0.3) is 0 Å². The Labute approximate surface area is 115 Å². The maximum atomic E-state index is 12.3. The first-order chi connectivity index (χ1) is 7.83. The molecule has 0 heterocycles. The normalized spacial score (nSPS) is 17.0. The Morgan fingerprint density at radius 2 is 1.44 bits per heavy atom. The summed E-state index contributed by atoms with van der Waals surface area (Å²) in [5, 5.41) is 0.0378. The fourth-order valence-corrected chi connectivity index (χ4v) is 3.62. The van der Waals surface area contributed by atoms with Crippen molar-refractivity contribution in [2.45, 2.75) is 34.9 Å². The lowest BCUT2D eigenvalue weighted by Crippen LogP contribution is -2.33. The summed E-state index contributed by atoms with van der Waals surface area (Å²) in [6, 6.07) is 0. The summed E-state index contributed by atoms with van der Waals surface area (Å²) in [6.45, 7) is 6.86. The monoisotopic (exact) mass is 331 g/mol. The van der Waals surface area contributed by atoms with E-state index < -0.39 is 45.0 Å². The number of hydrogen-bond acceptors (Lipinski definition) is 3. The van der Waals surface area contributed by atoms with Gasteiger partial charge in [0.25, 0.3) is 0 Å². The van der Waals surface area contributed by atoms with Crippen molar-refractivity contribution in [3.8, 4) is 0 Å². The minimum absolute atomic E-state index is 0.0378. The summed E-state index contributed by atoms with van der Waals surface area (Å²) in [7, 11) is 0. The summed E-state index contributed by atoms with van der Waals surface area (Å²) in [4.78, 5) is 0. The van der Waals surface area contributed by atoms with Crippen LogP contribution in [0.5, 0.6) is 0 Å². The molecule has 109 valence electrons. The lowest BCUT2D eigenvalue weighted by molar-refractivity contribution is -0.0354. The molecule has 9 heteroatoms. The number of thioether (sulfide) groups is 3. The maximum absolute atomic E-state index is 12.3. The SMILES string of the molecule is [CH2]C(CSC(C)C)(CSC(F)(F)F)SC(F)(F)F. The molecule has 1 atom stereocenters. The molecule has 0 rings (SSSR count). The van der Waals surface area contributed by atoms with Crippen LogP contribution in [0.4, 0.5) is 26.3 Å². The zero-order chi connectivity index (χ0) is 14.6. The topological polar surface area (TPSA) is 0 Å². The van der Waals surface area contributed by atoms with E-state index in [9.17, 15) is 26.3 Å². The van der Waals surface area contributed by atoms with E-state index in [2.05, 4.69) is 6.92 Å². The first-order valence-electron chi connectivity index (χ1n) is 4.77. The molecule has 0 saturated carbocycles. The number of alkyl halides is 6. The first-order valence-corrected chi connectivity index (χ1v) is 7.63. The highest BCUT2D eigenvalue weighted by atomic mass is 32.2. The molecule has 18 heavy (non-hydrogen) atoms. The van der Waals surface area contributed by atoms with Gasteiger partial charge in [0.15, 0.2) is 0 Å². The Balaban J connectivity index is 4.59. The number of rotatable bonds is 6. The van der Waals surface area contributed by atoms with Gasteiger partial charge in [-0.05, 0) is 35.7 Å². The summed E-state index contributed by atoms with van der Waals surface area (Å²) in [5.74, 6) is -0.807. The summed E-state index contributed by atoms with van der Waals surface area (Å²) in [6.07, 6.45) is 0. The molecule has 0 aliphatic carbocycles. The average Bonchev–Trinajstić information content (AvgIpc) is 2.08. The highest BCUT2D eigenvalue weighted by Gasteiger charge is 2.43. The largest absolute Gasteiger partial charge is 0.442 e. The summed E-state index contributed by atoms with van der Waals surface area (Å²) < 4.78 is 71.4. The quantitative estimate of drug-likeness (QED) is 0.614. The van der Waals surface area contributed by atoms with Crippen molar-refractivity contribution >= 4 is 35.3 Å². The van der Waals surface area contributed by atoms with Crippen molar-refractivity contribution in [2.24, 2.45) is 0 Å². The van der Waals surface area contributed by atoms with Crippen molar-refractivity contribution in [3.05, 3.63) is 6.92 Å². The Hall–Kier alpha value is 0.630. The van der Waals surface area contributed by atoms with Crippen molar-refractivity contribution in [1.82, 2.24) is 0 Å². The second-order valence-corrected chi connectivity index (χ2v) is 7.96. The van der Waals surface area contributed by atoms with Gasteiger partial charge in [-0.25, -0.2) is 0 Å². The van der Waals surface area contributed by atoms with Gasteiger partial charge < -0.3 is 0 Å². The van der Waals surface area contributed by atoms with Crippen LogP contribution < -0.4 is 0 Å². The minimum atomic E-state index is -4.59. The third kappa shape index (κ3) is 10.5. The molecule has 1 radical (unpaired) electrons. The van der Waals surface area contributed by atoms with E-state index in [1.165, 1.54) is 11.8 Å². The van der Waals surface area contributed by atoms with Crippen LogP contribution in [0, 0.1) is 6.92 Å². The Morgan fingerprint density at radius 3 is 1.78 bits per heavy atom. The van der Waals surface area contributed by atoms with E-state index in [0.717, 1.165) is 0 Å². The molecular weight excluding hydrogens is 318 g/mol. The molecule has 0 amide bonds. The minimum Gasteiger partial charge on any atom is -0.160 e. The fraction of sp³-hybridized carbons (Fsp3) is 0.889. The molecule has 0 spiro atoms. The molecule has 0 aromatic rings. The summed E-state index contributed by atoms with van der Waals surface area (Å²) >= 11 is 0.236. The molecule has 0 bridgehead atoms. The van der Waals surface area contributed by atoms with Crippen LogP contribution in [0.3, 0.4) is 0 Å². The predicted molar refractivity (Wildman–Crippen MR) is 67.8 cm³/mol. The molecular formula is C9H13F6S3. The van der Waals surface area contributed by atoms with Crippen molar-refractivity contribution < 1.29 is 26.3 Å². The van der Waals surface area contributed by atoms with E-state index in [0.29, 0.717) is 0 Å². The van der Waals surface area contributed by atoms with Gasteiger partial charge in [-0.15, -0.1) is 0 Å². The predicted octanol–water partition coefficient (Wildman–Crippen LogP) is 5.21. The lowest BCUT2D eigenvalue weighted by Gasteiger charge is -2.29. The molecule has 0 fully saturated rings. The van der Waals surface area contributed by atoms with E-state index in [4.69, 9.17) is 0 Å². The maximum Gasteiger partial charge on any atom is 0.442 e. The highest BCUT2D eigenvalue weighted by molar-refractivity contribution is 8.06. The van der Waals surface area contributed by atoms with Crippen LogP contribution in [-0.2, 0) is 0 Å². The Kier molecular flexibility index (Phi) is 7.12. The van der Waals surface area contributed by atoms with Crippen LogP contribution in [-0.4, -0.2) is 32.5 Å². The standard InChI is InChI=1S/C9H13F6S3/c1-6(2)16-4-7(3,18-9(13,14)15)5-17-8(10,11)12/h6H,3-5H2,1-2H3. The van der Waals surface area contributed by atoms with E-state index in [1.807, 2.05) is 0 Å². The van der Waals surface area contributed by atoms with Crippen LogP contribution in [0.1, 0.15) is 13.8 Å². The van der Waals surface area contributed by atoms with Crippen LogP contribution in [0.15, 0.2) is 0 Å². The van der Waals surface area contributed by atoms with Gasteiger partial charge in [0.1, 0.15) is 0 Å². The molecule has 1 unspecified atom stereocenters. The van der Waals surface area contributed by atoms with Crippen LogP contribution in [0.2, 0.25) is 0 Å². The van der Waals surface area contributed by atoms with Crippen molar-refractivity contribution in [1.29, 1.82) is 0 Å². The molecule has 0 nitrogen and oxygen atoms in total. The Morgan fingerprint density at radius 1 is 0.944 bits per heavy atom. The highest BCUT2D eigenvalue weighted by Crippen LogP contribution is 2.46. The zero-order valence-corrected chi connectivity index (χ0v) is 12.1. The van der Waals surface area contributed by atoms with Gasteiger partial charge in [0.05, 0.1) is 0 Å². The van der Waals surface area contributed by atoms with Crippen molar-refractivity contribution in [3.63, 3.8) is 0 Å². The van der Waals surface area contributed by atoms with Gasteiger partial charge in [0, 0.05) is 16.3 Å². The Bertz CT molecular complexity index is 250. The average molecular weight is 331 g/mol. The van der Waals surface area contributed by atoms with Gasteiger partial charge in [-0.2, -0.15) is 38.1 Å². The van der Waals surface area contributed by atoms with Crippen molar-refractivity contribution in [2.75, 3.05) is 11.5 Å².